The molecule has 0 radical (unpaired) electrons. The minimum atomic E-state index is 0.354. The summed E-state index contributed by atoms with van der Waals surface area (Å²) in [5.74, 6) is 6.32. The molecule has 4 heteroatoms. The summed E-state index contributed by atoms with van der Waals surface area (Å²) in [6.07, 6.45) is 5.26. The van der Waals surface area contributed by atoms with Crippen LogP contribution in [-0.2, 0) is 6.42 Å². The third-order valence-corrected chi connectivity index (χ3v) is 3.62. The van der Waals surface area contributed by atoms with Gasteiger partial charge in [-0.3, -0.25) is 16.3 Å². The predicted octanol–water partition coefficient (Wildman–Crippen LogP) is 2.98. The molecule has 3 N–H and O–H groups in total. The fourth-order valence-electron chi connectivity index (χ4n) is 2.41. The predicted molar refractivity (Wildman–Crippen MR) is 74.8 cm³/mol. The van der Waals surface area contributed by atoms with Crippen LogP contribution in [0, 0.1) is 11.3 Å². The number of nitrogens with zero attached hydrogens (tertiary/aromatic N) is 1. The van der Waals surface area contributed by atoms with E-state index in [2.05, 4.69) is 38.1 Å². The minimum absolute atomic E-state index is 0.354. The van der Waals surface area contributed by atoms with E-state index in [-0.39, 0.29) is 0 Å². The van der Waals surface area contributed by atoms with Gasteiger partial charge in [0, 0.05) is 23.5 Å². The standard InChI is InChI=1S/C13H25N3S/c1-10(7-13(2,3)4)5-11(16-14)6-12-8-15-9-17-12/h8-11,16H,5-7,14H2,1-4H3. The van der Waals surface area contributed by atoms with E-state index < -0.39 is 0 Å². The van der Waals surface area contributed by atoms with Gasteiger partial charge in [-0.25, -0.2) is 0 Å². The summed E-state index contributed by atoms with van der Waals surface area (Å²) in [5, 5.41) is 0. The zero-order valence-corrected chi connectivity index (χ0v) is 12.2. The zero-order valence-electron chi connectivity index (χ0n) is 11.4. The molecule has 1 aromatic heterocycles. The summed E-state index contributed by atoms with van der Waals surface area (Å²) in [5.41, 5.74) is 5.20. The summed E-state index contributed by atoms with van der Waals surface area (Å²) in [4.78, 5) is 5.40. The van der Waals surface area contributed by atoms with Gasteiger partial charge in [0.15, 0.2) is 0 Å². The Morgan fingerprint density at radius 3 is 2.65 bits per heavy atom. The number of hydrogen-bond acceptors (Lipinski definition) is 4. The zero-order chi connectivity index (χ0) is 12.9. The fourth-order valence-corrected chi connectivity index (χ4v) is 3.09. The lowest BCUT2D eigenvalue weighted by Crippen LogP contribution is -2.38. The molecule has 0 spiro atoms. The van der Waals surface area contributed by atoms with Crippen molar-refractivity contribution in [3.05, 3.63) is 16.6 Å². The highest BCUT2D eigenvalue weighted by Gasteiger charge is 2.19. The van der Waals surface area contributed by atoms with Crippen LogP contribution < -0.4 is 11.3 Å². The van der Waals surface area contributed by atoms with Crippen LogP contribution in [0.25, 0.3) is 0 Å². The molecule has 0 fully saturated rings. The number of hydrazine groups is 1. The lowest BCUT2D eigenvalue weighted by Gasteiger charge is -2.26. The number of thiazole rings is 1. The Morgan fingerprint density at radius 2 is 2.18 bits per heavy atom. The van der Waals surface area contributed by atoms with Crippen LogP contribution in [-0.4, -0.2) is 11.0 Å². The molecule has 1 aromatic rings. The van der Waals surface area contributed by atoms with Gasteiger partial charge in [-0.1, -0.05) is 27.7 Å². The molecule has 0 aliphatic carbocycles. The van der Waals surface area contributed by atoms with E-state index in [1.807, 2.05) is 11.7 Å². The second-order valence-electron chi connectivity index (χ2n) is 6.14. The molecule has 0 bridgehead atoms. The average molecular weight is 255 g/mol. The maximum Gasteiger partial charge on any atom is 0.0794 e. The highest BCUT2D eigenvalue weighted by molar-refractivity contribution is 7.09. The van der Waals surface area contributed by atoms with Gasteiger partial charge in [0.1, 0.15) is 0 Å². The van der Waals surface area contributed by atoms with Crippen LogP contribution in [0.1, 0.15) is 45.4 Å². The Kier molecular flexibility index (Phi) is 5.56. The molecule has 1 rings (SSSR count). The van der Waals surface area contributed by atoms with Gasteiger partial charge in [0.05, 0.1) is 5.51 Å². The van der Waals surface area contributed by atoms with E-state index in [1.165, 1.54) is 11.3 Å². The van der Waals surface area contributed by atoms with E-state index in [9.17, 15) is 0 Å². The molecule has 0 aliphatic rings. The molecular formula is C13H25N3S. The number of hydrogen-bond donors (Lipinski definition) is 2. The number of rotatable bonds is 6. The minimum Gasteiger partial charge on any atom is -0.271 e. The molecule has 98 valence electrons. The van der Waals surface area contributed by atoms with Crippen molar-refractivity contribution in [2.24, 2.45) is 17.2 Å². The Bertz CT molecular complexity index is 303. The van der Waals surface area contributed by atoms with Gasteiger partial charge in [-0.05, 0) is 24.2 Å². The molecule has 2 atom stereocenters. The topological polar surface area (TPSA) is 50.9 Å². The van der Waals surface area contributed by atoms with Crippen molar-refractivity contribution in [3.63, 3.8) is 0 Å². The Morgan fingerprint density at radius 1 is 1.47 bits per heavy atom. The number of nitrogens with one attached hydrogen (secondary N) is 1. The molecule has 0 amide bonds. The summed E-state index contributed by atoms with van der Waals surface area (Å²) < 4.78 is 0. The molecule has 0 aromatic carbocycles. The Hall–Kier alpha value is -0.450. The second-order valence-corrected chi connectivity index (χ2v) is 7.11. The van der Waals surface area contributed by atoms with E-state index in [4.69, 9.17) is 5.84 Å². The van der Waals surface area contributed by atoms with Crippen molar-refractivity contribution < 1.29 is 0 Å². The Balaban J connectivity index is 2.41. The van der Waals surface area contributed by atoms with Crippen molar-refractivity contribution >= 4 is 11.3 Å². The lowest BCUT2D eigenvalue weighted by molar-refractivity contribution is 0.275. The van der Waals surface area contributed by atoms with Crippen molar-refractivity contribution in [1.29, 1.82) is 0 Å². The van der Waals surface area contributed by atoms with Gasteiger partial charge in [0.25, 0.3) is 0 Å². The van der Waals surface area contributed by atoms with Gasteiger partial charge >= 0.3 is 0 Å². The van der Waals surface area contributed by atoms with Crippen LogP contribution in [0.4, 0.5) is 0 Å². The van der Waals surface area contributed by atoms with Crippen molar-refractivity contribution in [2.45, 2.75) is 53.0 Å². The first kappa shape index (κ1) is 14.6. The number of nitrogens with two attached hydrogens (primary N) is 1. The highest BCUT2D eigenvalue weighted by atomic mass is 32.1. The SMILES string of the molecule is CC(CC(Cc1cncs1)NN)CC(C)(C)C. The van der Waals surface area contributed by atoms with Crippen LogP contribution in [0.5, 0.6) is 0 Å². The summed E-state index contributed by atoms with van der Waals surface area (Å²) >= 11 is 1.70. The largest absolute Gasteiger partial charge is 0.271 e. The third-order valence-electron chi connectivity index (χ3n) is 2.81. The van der Waals surface area contributed by atoms with E-state index >= 15 is 0 Å². The van der Waals surface area contributed by atoms with Crippen LogP contribution in [0.3, 0.4) is 0 Å². The third kappa shape index (κ3) is 6.15. The second kappa shape index (κ2) is 6.47. The number of aromatic nitrogens is 1. The average Bonchev–Trinajstić information content (AvgIpc) is 2.66. The van der Waals surface area contributed by atoms with Crippen LogP contribution in [0.15, 0.2) is 11.7 Å². The smallest absolute Gasteiger partial charge is 0.0794 e. The first-order valence-electron chi connectivity index (χ1n) is 6.24. The van der Waals surface area contributed by atoms with E-state index in [0.29, 0.717) is 17.4 Å². The fraction of sp³-hybridized carbons (Fsp3) is 0.769. The van der Waals surface area contributed by atoms with Crippen molar-refractivity contribution in [2.75, 3.05) is 0 Å². The Labute approximate surface area is 109 Å². The molecule has 1 heterocycles. The molecule has 3 nitrogen and oxygen atoms in total. The molecule has 0 aliphatic heterocycles. The maximum atomic E-state index is 5.64. The summed E-state index contributed by atoms with van der Waals surface area (Å²) in [6.45, 7) is 9.18. The first-order valence-corrected chi connectivity index (χ1v) is 7.12. The van der Waals surface area contributed by atoms with Crippen molar-refractivity contribution in [3.8, 4) is 0 Å². The molecule has 0 saturated carbocycles. The molecule has 2 unspecified atom stereocenters. The van der Waals surface area contributed by atoms with Crippen molar-refractivity contribution in [1.82, 2.24) is 10.4 Å². The molecular weight excluding hydrogens is 230 g/mol. The van der Waals surface area contributed by atoms with E-state index in [1.54, 1.807) is 11.3 Å². The molecule has 17 heavy (non-hydrogen) atoms. The summed E-state index contributed by atoms with van der Waals surface area (Å²) in [6, 6.07) is 0.354. The van der Waals surface area contributed by atoms with Gasteiger partial charge in [-0.15, -0.1) is 11.3 Å². The first-order chi connectivity index (χ1) is 7.90. The maximum absolute atomic E-state index is 5.64. The lowest BCUT2D eigenvalue weighted by atomic mass is 9.82. The van der Waals surface area contributed by atoms with Gasteiger partial charge in [-0.2, -0.15) is 0 Å². The van der Waals surface area contributed by atoms with Crippen LogP contribution >= 0.6 is 11.3 Å². The van der Waals surface area contributed by atoms with Gasteiger partial charge in [0.2, 0.25) is 0 Å². The summed E-state index contributed by atoms with van der Waals surface area (Å²) in [7, 11) is 0. The molecule has 0 saturated heterocycles. The van der Waals surface area contributed by atoms with E-state index in [0.717, 1.165) is 12.8 Å². The normalized spacial score (nSPS) is 15.8. The highest BCUT2D eigenvalue weighted by Crippen LogP contribution is 2.27. The van der Waals surface area contributed by atoms with Crippen LogP contribution in [0.2, 0.25) is 0 Å². The van der Waals surface area contributed by atoms with Gasteiger partial charge < -0.3 is 0 Å². The monoisotopic (exact) mass is 255 g/mol. The quantitative estimate of drug-likeness (QED) is 0.607.